The van der Waals surface area contributed by atoms with E-state index in [2.05, 4.69) is 219 Å². The van der Waals surface area contributed by atoms with Gasteiger partial charge in [-0.1, -0.05) is 141 Å². The predicted octanol–water partition coefficient (Wildman–Crippen LogP) is 17.2. The second-order valence-electron chi connectivity index (χ2n) is 16.5. The average Bonchev–Trinajstić information content (AvgIpc) is 3.93. The van der Waals surface area contributed by atoms with Crippen LogP contribution in [-0.2, 0) is 5.41 Å². The first-order valence-electron chi connectivity index (χ1n) is 20.6. The van der Waals surface area contributed by atoms with Crippen LogP contribution in [-0.4, -0.2) is 0 Å². The number of hydrogen-bond donors (Lipinski definition) is 0. The maximum absolute atomic E-state index is 2.40. The molecule has 12 rings (SSSR count). The molecule has 0 aliphatic heterocycles. The first-order valence-corrected chi connectivity index (χ1v) is 22.3. The smallest absolute Gasteiger partial charge is 0.0465 e. The van der Waals surface area contributed by atoms with Crippen molar-refractivity contribution in [2.24, 2.45) is 0 Å². The van der Waals surface area contributed by atoms with E-state index < -0.39 is 0 Å². The number of fused-ring (bicyclic) bond motifs is 9. The number of rotatable bonds is 6. The topological polar surface area (TPSA) is 3.24 Å². The summed E-state index contributed by atoms with van der Waals surface area (Å²) >= 11 is 3.74. The SMILES string of the molecule is CC1(C)c2ccccc2-c2ccc(N(c3ccccc3)c3ccc(-c4ccc5sc6ccc(-c7ccc(-c8ccc9c(c8)sc8ccccc89)cc7)cc6c5c4)cc3)cc21. The standard InChI is InChI=1S/C57H39NS2/c1-57(2)51-14-8-6-12-45(51)46-29-27-44(35-52(46)57)58(42-10-4-3-5-11-42)43-25-20-38(21-26-43)40-24-31-55-50(33-40)49-32-39(23-30-54(49)59-55)36-16-18-37(19-17-36)41-22-28-48-47-13-7-9-15-53(47)60-56(48)34-41/h3-35H,1-2H3. The molecule has 11 aromatic rings. The van der Waals surface area contributed by atoms with Crippen molar-refractivity contribution in [3.05, 3.63) is 211 Å². The summed E-state index contributed by atoms with van der Waals surface area (Å²) in [5, 5.41) is 5.29. The number of anilines is 3. The van der Waals surface area contributed by atoms with Crippen LogP contribution >= 0.6 is 22.7 Å². The van der Waals surface area contributed by atoms with Gasteiger partial charge in [-0.2, -0.15) is 0 Å². The van der Waals surface area contributed by atoms with Gasteiger partial charge >= 0.3 is 0 Å². The highest BCUT2D eigenvalue weighted by atomic mass is 32.1. The molecule has 0 saturated carbocycles. The highest BCUT2D eigenvalue weighted by molar-refractivity contribution is 7.26. The third-order valence-corrected chi connectivity index (χ3v) is 15.0. The lowest BCUT2D eigenvalue weighted by molar-refractivity contribution is 0.660. The summed E-state index contributed by atoms with van der Waals surface area (Å²) in [6, 6.07) is 74.3. The molecule has 0 amide bonds. The molecule has 60 heavy (non-hydrogen) atoms. The molecule has 1 aliphatic carbocycles. The first-order chi connectivity index (χ1) is 29.5. The lowest BCUT2D eigenvalue weighted by Gasteiger charge is -2.28. The van der Waals surface area contributed by atoms with Crippen LogP contribution in [0.4, 0.5) is 17.1 Å². The Morgan fingerprint density at radius 1 is 0.317 bits per heavy atom. The van der Waals surface area contributed by atoms with E-state index in [0.29, 0.717) is 0 Å². The zero-order valence-electron chi connectivity index (χ0n) is 33.3. The fourth-order valence-electron chi connectivity index (χ4n) is 9.56. The molecular formula is C57H39NS2. The quantitative estimate of drug-likeness (QED) is 0.162. The van der Waals surface area contributed by atoms with E-state index >= 15 is 0 Å². The van der Waals surface area contributed by atoms with Crippen molar-refractivity contribution in [2.45, 2.75) is 19.3 Å². The third kappa shape index (κ3) is 5.65. The van der Waals surface area contributed by atoms with Gasteiger partial charge in [0.15, 0.2) is 0 Å². The van der Waals surface area contributed by atoms with Crippen molar-refractivity contribution in [2.75, 3.05) is 4.90 Å². The van der Waals surface area contributed by atoms with Gasteiger partial charge in [-0.3, -0.25) is 0 Å². The minimum atomic E-state index is -0.0690. The van der Waals surface area contributed by atoms with Crippen molar-refractivity contribution in [1.29, 1.82) is 0 Å². The summed E-state index contributed by atoms with van der Waals surface area (Å²) in [5.74, 6) is 0. The Kier molecular flexibility index (Phi) is 8.00. The minimum Gasteiger partial charge on any atom is -0.310 e. The molecule has 284 valence electrons. The Balaban J connectivity index is 0.859. The van der Waals surface area contributed by atoms with Crippen LogP contribution in [0.25, 0.3) is 84.9 Å². The van der Waals surface area contributed by atoms with Crippen molar-refractivity contribution in [3.8, 4) is 44.5 Å². The summed E-state index contributed by atoms with van der Waals surface area (Å²) < 4.78 is 5.30. The largest absolute Gasteiger partial charge is 0.310 e. The average molecular weight is 802 g/mol. The van der Waals surface area contributed by atoms with Crippen molar-refractivity contribution < 1.29 is 0 Å². The number of nitrogens with zero attached hydrogens (tertiary/aromatic N) is 1. The van der Waals surface area contributed by atoms with Crippen LogP contribution in [0.1, 0.15) is 25.0 Å². The van der Waals surface area contributed by atoms with Crippen LogP contribution < -0.4 is 4.90 Å². The van der Waals surface area contributed by atoms with Crippen LogP contribution in [0.15, 0.2) is 200 Å². The molecule has 0 spiro atoms. The maximum Gasteiger partial charge on any atom is 0.0465 e. The normalized spacial score (nSPS) is 13.0. The monoisotopic (exact) mass is 801 g/mol. The van der Waals surface area contributed by atoms with E-state index in [-0.39, 0.29) is 5.41 Å². The Morgan fingerprint density at radius 2 is 0.800 bits per heavy atom. The first kappa shape index (κ1) is 35.2. The van der Waals surface area contributed by atoms with E-state index in [4.69, 9.17) is 0 Å². The van der Waals surface area contributed by atoms with Gasteiger partial charge in [0.2, 0.25) is 0 Å². The molecule has 0 N–H and O–H groups in total. The summed E-state index contributed by atoms with van der Waals surface area (Å²) in [5.41, 5.74) is 16.2. The number of benzene rings is 9. The number of thiophene rings is 2. The number of para-hydroxylation sites is 1. The van der Waals surface area contributed by atoms with Crippen molar-refractivity contribution >= 4 is 80.1 Å². The molecule has 2 aromatic heterocycles. The van der Waals surface area contributed by atoms with Crippen LogP contribution in [0, 0.1) is 0 Å². The summed E-state index contributed by atoms with van der Waals surface area (Å²) in [4.78, 5) is 2.39. The van der Waals surface area contributed by atoms with Gasteiger partial charge in [-0.25, -0.2) is 0 Å². The van der Waals surface area contributed by atoms with Gasteiger partial charge < -0.3 is 4.90 Å². The Morgan fingerprint density at radius 3 is 1.52 bits per heavy atom. The third-order valence-electron chi connectivity index (χ3n) is 12.7. The molecule has 0 bridgehead atoms. The fraction of sp³-hybridized carbons (Fsp3) is 0.0526. The summed E-state index contributed by atoms with van der Waals surface area (Å²) in [6.07, 6.45) is 0. The molecule has 1 aliphatic rings. The van der Waals surface area contributed by atoms with Crippen molar-refractivity contribution in [3.63, 3.8) is 0 Å². The lowest BCUT2D eigenvalue weighted by Crippen LogP contribution is -2.16. The Hall–Kier alpha value is -6.78. The van der Waals surface area contributed by atoms with Gasteiger partial charge in [0.25, 0.3) is 0 Å². The fourth-order valence-corrected chi connectivity index (χ4v) is 11.8. The highest BCUT2D eigenvalue weighted by Crippen LogP contribution is 2.51. The molecule has 0 unspecified atom stereocenters. The van der Waals surface area contributed by atoms with Gasteiger partial charge in [0.1, 0.15) is 0 Å². The molecular weight excluding hydrogens is 763 g/mol. The van der Waals surface area contributed by atoms with E-state index in [1.54, 1.807) is 0 Å². The Labute approximate surface area is 358 Å². The van der Waals surface area contributed by atoms with E-state index in [0.717, 1.165) is 11.4 Å². The number of hydrogen-bond acceptors (Lipinski definition) is 3. The predicted molar refractivity (Wildman–Crippen MR) is 261 cm³/mol. The molecule has 0 atom stereocenters. The maximum atomic E-state index is 2.40. The second kappa shape index (κ2) is 13.6. The lowest BCUT2D eigenvalue weighted by atomic mass is 9.82. The zero-order valence-corrected chi connectivity index (χ0v) is 34.9. The molecule has 1 nitrogen and oxygen atoms in total. The summed E-state index contributed by atoms with van der Waals surface area (Å²) in [7, 11) is 0. The molecule has 0 radical (unpaired) electrons. The van der Waals surface area contributed by atoms with Crippen LogP contribution in [0.3, 0.4) is 0 Å². The molecule has 9 aromatic carbocycles. The van der Waals surface area contributed by atoms with Gasteiger partial charge in [0, 0.05) is 62.8 Å². The van der Waals surface area contributed by atoms with Crippen molar-refractivity contribution in [1.82, 2.24) is 0 Å². The highest BCUT2D eigenvalue weighted by Gasteiger charge is 2.35. The minimum absolute atomic E-state index is 0.0690. The second-order valence-corrected chi connectivity index (χ2v) is 18.7. The van der Waals surface area contributed by atoms with E-state index in [9.17, 15) is 0 Å². The van der Waals surface area contributed by atoms with Crippen LogP contribution in [0.5, 0.6) is 0 Å². The zero-order chi connectivity index (χ0) is 40.0. The van der Waals surface area contributed by atoms with E-state index in [1.807, 2.05) is 22.7 Å². The van der Waals surface area contributed by atoms with E-state index in [1.165, 1.54) is 102 Å². The molecule has 3 heteroatoms. The Bertz CT molecular complexity index is 3440. The van der Waals surface area contributed by atoms with Crippen LogP contribution in [0.2, 0.25) is 0 Å². The molecule has 0 saturated heterocycles. The molecule has 0 fully saturated rings. The molecule has 2 heterocycles. The van der Waals surface area contributed by atoms with Gasteiger partial charge in [-0.05, 0) is 128 Å². The van der Waals surface area contributed by atoms with Gasteiger partial charge in [0.05, 0.1) is 0 Å². The van der Waals surface area contributed by atoms with Gasteiger partial charge in [-0.15, -0.1) is 22.7 Å². The summed E-state index contributed by atoms with van der Waals surface area (Å²) in [6.45, 7) is 4.70.